The highest BCUT2D eigenvalue weighted by Crippen LogP contribution is 2.17. The molecule has 5 heteroatoms. The lowest BCUT2D eigenvalue weighted by atomic mass is 10.3. The van der Waals surface area contributed by atoms with Gasteiger partial charge in [-0.05, 0) is 12.1 Å². The first-order valence-corrected chi connectivity index (χ1v) is 5.25. The second-order valence-electron chi connectivity index (χ2n) is 2.95. The molecule has 0 saturated heterocycles. The number of alkyl halides is 1. The van der Waals surface area contributed by atoms with Crippen molar-refractivity contribution in [3.63, 3.8) is 0 Å². The zero-order valence-electron chi connectivity index (χ0n) is 8.57. The average Bonchev–Trinajstić information content (AvgIpc) is 2.27. The van der Waals surface area contributed by atoms with E-state index in [1.54, 1.807) is 30.3 Å². The van der Waals surface area contributed by atoms with E-state index < -0.39 is 0 Å². The van der Waals surface area contributed by atoms with Crippen LogP contribution in [0.5, 0.6) is 5.75 Å². The fourth-order valence-electron chi connectivity index (χ4n) is 1.10. The lowest BCUT2D eigenvalue weighted by Gasteiger charge is -2.07. The van der Waals surface area contributed by atoms with Crippen molar-refractivity contribution in [1.82, 2.24) is 0 Å². The summed E-state index contributed by atoms with van der Waals surface area (Å²) in [6, 6.07) is 8.71. The zero-order valence-corrected chi connectivity index (χ0v) is 9.33. The standard InChI is InChI=1S/C11H11ClN2O2/c12-5-7-16-10-3-1-2-9(8-10)14-11(15)4-6-13/h1-3,8H,4-5,7H2,(H,14,15). The minimum atomic E-state index is -0.336. The fourth-order valence-corrected chi connectivity index (χ4v) is 1.17. The quantitative estimate of drug-likeness (QED) is 0.800. The number of nitriles is 1. The van der Waals surface area contributed by atoms with E-state index in [1.807, 2.05) is 0 Å². The molecule has 0 aliphatic rings. The zero-order chi connectivity index (χ0) is 11.8. The van der Waals surface area contributed by atoms with Crippen molar-refractivity contribution in [2.24, 2.45) is 0 Å². The van der Waals surface area contributed by atoms with E-state index in [-0.39, 0.29) is 12.3 Å². The normalized spacial score (nSPS) is 9.25. The van der Waals surface area contributed by atoms with E-state index in [4.69, 9.17) is 21.6 Å². The Morgan fingerprint density at radius 1 is 1.56 bits per heavy atom. The molecule has 0 radical (unpaired) electrons. The highest BCUT2D eigenvalue weighted by Gasteiger charge is 2.02. The van der Waals surface area contributed by atoms with Crippen LogP contribution >= 0.6 is 11.6 Å². The predicted octanol–water partition coefficient (Wildman–Crippen LogP) is 2.16. The van der Waals surface area contributed by atoms with Crippen LogP contribution in [0.25, 0.3) is 0 Å². The summed E-state index contributed by atoms with van der Waals surface area (Å²) in [4.78, 5) is 11.1. The smallest absolute Gasteiger partial charge is 0.238 e. The monoisotopic (exact) mass is 238 g/mol. The van der Waals surface area contributed by atoms with Crippen LogP contribution < -0.4 is 10.1 Å². The van der Waals surface area contributed by atoms with Crippen molar-refractivity contribution < 1.29 is 9.53 Å². The Kier molecular flexibility index (Phi) is 5.17. The fraction of sp³-hybridized carbons (Fsp3) is 0.273. The molecule has 0 atom stereocenters. The number of anilines is 1. The highest BCUT2D eigenvalue weighted by atomic mass is 35.5. The van der Waals surface area contributed by atoms with Crippen molar-refractivity contribution in [3.8, 4) is 11.8 Å². The number of rotatable bonds is 5. The first kappa shape index (κ1) is 12.3. The summed E-state index contributed by atoms with van der Waals surface area (Å²) in [5.41, 5.74) is 0.604. The van der Waals surface area contributed by atoms with Gasteiger partial charge in [0.1, 0.15) is 18.8 Å². The van der Waals surface area contributed by atoms with Crippen molar-refractivity contribution in [2.45, 2.75) is 6.42 Å². The third-order valence-electron chi connectivity index (χ3n) is 1.70. The summed E-state index contributed by atoms with van der Waals surface area (Å²) < 4.78 is 5.29. The van der Waals surface area contributed by atoms with Crippen LogP contribution in [0.4, 0.5) is 5.69 Å². The first-order chi connectivity index (χ1) is 7.76. The van der Waals surface area contributed by atoms with Crippen molar-refractivity contribution in [1.29, 1.82) is 5.26 Å². The summed E-state index contributed by atoms with van der Waals surface area (Å²) >= 11 is 5.49. The van der Waals surface area contributed by atoms with E-state index in [0.717, 1.165) is 0 Å². The molecule has 0 aliphatic carbocycles. The van der Waals surface area contributed by atoms with Gasteiger partial charge in [0.05, 0.1) is 11.9 Å². The molecular formula is C11H11ClN2O2. The summed E-state index contributed by atoms with van der Waals surface area (Å²) in [5.74, 6) is 0.706. The minimum Gasteiger partial charge on any atom is -0.492 e. The van der Waals surface area contributed by atoms with Gasteiger partial charge in [-0.1, -0.05) is 6.07 Å². The Labute approximate surface area is 98.8 Å². The molecule has 1 N–H and O–H groups in total. The van der Waals surface area contributed by atoms with Crippen molar-refractivity contribution in [2.75, 3.05) is 17.8 Å². The molecule has 84 valence electrons. The van der Waals surface area contributed by atoms with Gasteiger partial charge >= 0.3 is 0 Å². The molecule has 0 aromatic heterocycles. The number of benzene rings is 1. The van der Waals surface area contributed by atoms with Gasteiger partial charge in [-0.15, -0.1) is 11.6 Å². The third-order valence-corrected chi connectivity index (χ3v) is 1.86. The van der Waals surface area contributed by atoms with Crippen molar-refractivity contribution >= 4 is 23.2 Å². The molecule has 0 bridgehead atoms. The molecule has 1 aromatic rings. The number of halogens is 1. The molecule has 0 aliphatic heterocycles. The number of amides is 1. The van der Waals surface area contributed by atoms with E-state index in [0.29, 0.717) is 23.9 Å². The molecule has 0 saturated carbocycles. The maximum Gasteiger partial charge on any atom is 0.238 e. The summed E-state index contributed by atoms with van der Waals surface area (Å²) in [6.45, 7) is 0.414. The maximum atomic E-state index is 11.1. The molecular weight excluding hydrogens is 228 g/mol. The minimum absolute atomic E-state index is 0.160. The lowest BCUT2D eigenvalue weighted by molar-refractivity contribution is -0.115. The van der Waals surface area contributed by atoms with Crippen LogP contribution in [0.15, 0.2) is 24.3 Å². The van der Waals surface area contributed by atoms with Gasteiger partial charge in [0.2, 0.25) is 5.91 Å². The van der Waals surface area contributed by atoms with Crippen LogP contribution in [0.2, 0.25) is 0 Å². The number of ether oxygens (including phenoxy) is 1. The van der Waals surface area contributed by atoms with Gasteiger partial charge in [0.15, 0.2) is 0 Å². The van der Waals surface area contributed by atoms with Crippen LogP contribution in [0.3, 0.4) is 0 Å². The van der Waals surface area contributed by atoms with Gasteiger partial charge < -0.3 is 10.1 Å². The lowest BCUT2D eigenvalue weighted by Crippen LogP contribution is -2.10. The molecule has 16 heavy (non-hydrogen) atoms. The van der Waals surface area contributed by atoms with Gasteiger partial charge in [0.25, 0.3) is 0 Å². The van der Waals surface area contributed by atoms with E-state index in [2.05, 4.69) is 5.32 Å². The van der Waals surface area contributed by atoms with E-state index in [1.165, 1.54) is 0 Å². The molecule has 0 fully saturated rings. The van der Waals surface area contributed by atoms with E-state index in [9.17, 15) is 4.79 Å². The number of hydrogen-bond acceptors (Lipinski definition) is 3. The van der Waals surface area contributed by atoms with Crippen LogP contribution in [0, 0.1) is 11.3 Å². The first-order valence-electron chi connectivity index (χ1n) is 4.72. The molecule has 1 aromatic carbocycles. The predicted molar refractivity (Wildman–Crippen MR) is 61.5 cm³/mol. The Morgan fingerprint density at radius 2 is 2.38 bits per heavy atom. The van der Waals surface area contributed by atoms with Crippen molar-refractivity contribution in [3.05, 3.63) is 24.3 Å². The molecule has 0 unspecified atom stereocenters. The molecule has 0 spiro atoms. The van der Waals surface area contributed by atoms with Crippen LogP contribution in [0.1, 0.15) is 6.42 Å². The summed E-state index contributed by atoms with van der Waals surface area (Å²) in [6.07, 6.45) is -0.160. The molecule has 0 heterocycles. The Bertz CT molecular complexity index is 401. The van der Waals surface area contributed by atoms with Crippen LogP contribution in [-0.4, -0.2) is 18.4 Å². The Balaban J connectivity index is 2.60. The molecule has 1 rings (SSSR count). The second kappa shape index (κ2) is 6.70. The maximum absolute atomic E-state index is 11.1. The Hall–Kier alpha value is -1.73. The Morgan fingerprint density at radius 3 is 3.06 bits per heavy atom. The topological polar surface area (TPSA) is 62.1 Å². The number of carbonyl (C=O) groups is 1. The average molecular weight is 239 g/mol. The second-order valence-corrected chi connectivity index (χ2v) is 3.33. The number of nitrogens with one attached hydrogen (secondary N) is 1. The molecule has 4 nitrogen and oxygen atoms in total. The van der Waals surface area contributed by atoms with Gasteiger partial charge in [-0.25, -0.2) is 0 Å². The van der Waals surface area contributed by atoms with E-state index >= 15 is 0 Å². The number of nitrogens with zero attached hydrogens (tertiary/aromatic N) is 1. The molecule has 1 amide bonds. The SMILES string of the molecule is N#CCC(=O)Nc1cccc(OCCCl)c1. The van der Waals surface area contributed by atoms with Crippen LogP contribution in [-0.2, 0) is 4.79 Å². The third kappa shape index (κ3) is 4.20. The van der Waals surface area contributed by atoms with Gasteiger partial charge in [-0.2, -0.15) is 5.26 Å². The largest absolute Gasteiger partial charge is 0.492 e. The number of carbonyl (C=O) groups excluding carboxylic acids is 1. The summed E-state index contributed by atoms with van der Waals surface area (Å²) in [5, 5.41) is 10.9. The van der Waals surface area contributed by atoms with Gasteiger partial charge in [-0.3, -0.25) is 4.79 Å². The highest BCUT2D eigenvalue weighted by molar-refractivity contribution is 6.18. The summed E-state index contributed by atoms with van der Waals surface area (Å²) in [7, 11) is 0. The number of hydrogen-bond donors (Lipinski definition) is 1. The van der Waals surface area contributed by atoms with Gasteiger partial charge in [0, 0.05) is 11.8 Å².